The Labute approximate surface area is 83.8 Å². The van der Waals surface area contributed by atoms with Crippen molar-refractivity contribution in [3.63, 3.8) is 0 Å². The number of aliphatic hydroxyl groups is 1. The molecule has 1 aromatic rings. The average Bonchev–Trinajstić information content (AvgIpc) is 2.16. The third kappa shape index (κ3) is 3.96. The maximum Gasteiger partial charge on any atom is 0.269 e. The SMILES string of the molecule is C=C(O)OCC(N)Cc1ccccc1. The molecule has 0 aliphatic rings. The van der Waals surface area contributed by atoms with Crippen LogP contribution in [0, 0.1) is 0 Å². The zero-order valence-electron chi connectivity index (χ0n) is 8.02. The molecule has 0 spiro atoms. The Morgan fingerprint density at radius 2 is 2.07 bits per heavy atom. The molecule has 1 unspecified atom stereocenters. The van der Waals surface area contributed by atoms with E-state index in [0.717, 1.165) is 12.0 Å². The summed E-state index contributed by atoms with van der Waals surface area (Å²) in [6.45, 7) is 3.49. The van der Waals surface area contributed by atoms with Crippen LogP contribution < -0.4 is 5.73 Å². The molecule has 76 valence electrons. The van der Waals surface area contributed by atoms with Gasteiger partial charge in [-0.3, -0.25) is 0 Å². The summed E-state index contributed by atoms with van der Waals surface area (Å²) in [5, 5.41) is 8.70. The minimum atomic E-state index is -0.284. The van der Waals surface area contributed by atoms with Gasteiger partial charge in [-0.2, -0.15) is 0 Å². The first-order valence-corrected chi connectivity index (χ1v) is 4.48. The van der Waals surface area contributed by atoms with Gasteiger partial charge >= 0.3 is 0 Å². The monoisotopic (exact) mass is 193 g/mol. The van der Waals surface area contributed by atoms with Crippen LogP contribution in [0.15, 0.2) is 42.9 Å². The molecule has 1 atom stereocenters. The molecule has 0 amide bonds. The fraction of sp³-hybridized carbons (Fsp3) is 0.273. The van der Waals surface area contributed by atoms with Gasteiger partial charge in [0.15, 0.2) is 0 Å². The Morgan fingerprint density at radius 3 is 2.64 bits per heavy atom. The van der Waals surface area contributed by atoms with Crippen molar-refractivity contribution in [1.82, 2.24) is 0 Å². The van der Waals surface area contributed by atoms with Crippen molar-refractivity contribution in [2.45, 2.75) is 12.5 Å². The number of benzene rings is 1. The molecule has 0 bridgehead atoms. The molecule has 0 aliphatic carbocycles. The molecule has 0 radical (unpaired) electrons. The average molecular weight is 193 g/mol. The second kappa shape index (κ2) is 5.29. The maximum atomic E-state index is 8.70. The largest absolute Gasteiger partial charge is 0.481 e. The summed E-state index contributed by atoms with van der Waals surface area (Å²) in [7, 11) is 0. The number of hydrogen-bond donors (Lipinski definition) is 2. The molecule has 3 nitrogen and oxygen atoms in total. The van der Waals surface area contributed by atoms with E-state index in [2.05, 4.69) is 6.58 Å². The zero-order valence-corrected chi connectivity index (χ0v) is 8.02. The van der Waals surface area contributed by atoms with Gasteiger partial charge in [0.05, 0.1) is 0 Å². The molecule has 0 aliphatic heterocycles. The van der Waals surface area contributed by atoms with Crippen molar-refractivity contribution in [3.05, 3.63) is 48.4 Å². The number of nitrogens with two attached hydrogens (primary N) is 1. The normalized spacial score (nSPS) is 12.1. The zero-order chi connectivity index (χ0) is 10.4. The van der Waals surface area contributed by atoms with Gasteiger partial charge in [0, 0.05) is 6.04 Å². The second-order valence-corrected chi connectivity index (χ2v) is 3.15. The van der Waals surface area contributed by atoms with Crippen molar-refractivity contribution < 1.29 is 9.84 Å². The Balaban J connectivity index is 2.34. The van der Waals surface area contributed by atoms with Crippen molar-refractivity contribution in [3.8, 4) is 0 Å². The fourth-order valence-electron chi connectivity index (χ4n) is 1.18. The Kier molecular flexibility index (Phi) is 4.01. The molecular formula is C11H15NO2. The molecule has 3 N–H and O–H groups in total. The molecule has 0 saturated carbocycles. The van der Waals surface area contributed by atoms with Gasteiger partial charge in [-0.15, -0.1) is 0 Å². The first-order valence-electron chi connectivity index (χ1n) is 4.48. The van der Waals surface area contributed by atoms with E-state index in [9.17, 15) is 0 Å². The summed E-state index contributed by atoms with van der Waals surface area (Å²) in [6, 6.07) is 9.78. The molecule has 3 heteroatoms. The van der Waals surface area contributed by atoms with Crippen LogP contribution in [0.4, 0.5) is 0 Å². The van der Waals surface area contributed by atoms with Crippen LogP contribution >= 0.6 is 0 Å². The van der Waals surface area contributed by atoms with Crippen molar-refractivity contribution >= 4 is 0 Å². The maximum absolute atomic E-state index is 8.70. The van der Waals surface area contributed by atoms with E-state index in [1.165, 1.54) is 0 Å². The lowest BCUT2D eigenvalue weighted by Crippen LogP contribution is -2.28. The number of rotatable bonds is 5. The van der Waals surface area contributed by atoms with Crippen molar-refractivity contribution in [2.24, 2.45) is 5.73 Å². The third-order valence-electron chi connectivity index (χ3n) is 1.80. The number of ether oxygens (including phenoxy) is 1. The fourth-order valence-corrected chi connectivity index (χ4v) is 1.18. The molecule has 14 heavy (non-hydrogen) atoms. The minimum Gasteiger partial charge on any atom is -0.481 e. The van der Waals surface area contributed by atoms with Gasteiger partial charge < -0.3 is 15.6 Å². The first kappa shape index (κ1) is 10.6. The Morgan fingerprint density at radius 1 is 1.43 bits per heavy atom. The van der Waals surface area contributed by atoms with Gasteiger partial charge in [-0.25, -0.2) is 0 Å². The third-order valence-corrected chi connectivity index (χ3v) is 1.80. The summed E-state index contributed by atoms with van der Waals surface area (Å²) in [6.07, 6.45) is 0.730. The van der Waals surface area contributed by atoms with E-state index in [1.807, 2.05) is 30.3 Å². The predicted octanol–water partition coefficient (Wildman–Crippen LogP) is 1.60. The number of aliphatic hydroxyl groups excluding tert-OH is 1. The van der Waals surface area contributed by atoms with Crippen LogP contribution in [0.25, 0.3) is 0 Å². The topological polar surface area (TPSA) is 55.5 Å². The van der Waals surface area contributed by atoms with Crippen LogP contribution in [0.2, 0.25) is 0 Å². The summed E-state index contributed by atoms with van der Waals surface area (Å²) in [5.41, 5.74) is 6.94. The van der Waals surface area contributed by atoms with Crippen molar-refractivity contribution in [1.29, 1.82) is 0 Å². The van der Waals surface area contributed by atoms with Crippen LogP contribution in [0.3, 0.4) is 0 Å². The molecule has 0 aromatic heterocycles. The van der Waals surface area contributed by atoms with Crippen LogP contribution in [-0.2, 0) is 11.2 Å². The van der Waals surface area contributed by atoms with E-state index < -0.39 is 0 Å². The summed E-state index contributed by atoms with van der Waals surface area (Å²) in [5.74, 6) is -0.284. The lowest BCUT2D eigenvalue weighted by molar-refractivity contribution is 0.0863. The summed E-state index contributed by atoms with van der Waals surface area (Å²) < 4.78 is 4.81. The van der Waals surface area contributed by atoms with E-state index in [-0.39, 0.29) is 18.6 Å². The molecule has 0 heterocycles. The molecular weight excluding hydrogens is 178 g/mol. The van der Waals surface area contributed by atoms with Gasteiger partial charge in [0.25, 0.3) is 5.95 Å². The molecule has 0 saturated heterocycles. The highest BCUT2D eigenvalue weighted by molar-refractivity contribution is 5.15. The lowest BCUT2D eigenvalue weighted by atomic mass is 10.1. The van der Waals surface area contributed by atoms with Crippen molar-refractivity contribution in [2.75, 3.05) is 6.61 Å². The van der Waals surface area contributed by atoms with Gasteiger partial charge in [0.2, 0.25) is 0 Å². The van der Waals surface area contributed by atoms with Crippen LogP contribution in [0.5, 0.6) is 0 Å². The molecule has 0 fully saturated rings. The van der Waals surface area contributed by atoms with E-state index >= 15 is 0 Å². The smallest absolute Gasteiger partial charge is 0.269 e. The Hall–Kier alpha value is -1.48. The first-order chi connectivity index (χ1) is 6.68. The summed E-state index contributed by atoms with van der Waals surface area (Å²) in [4.78, 5) is 0. The standard InChI is InChI=1S/C11H15NO2/c1-9(13)14-8-11(12)7-10-5-3-2-4-6-10/h2-6,11,13H,1,7-8,12H2. The van der Waals surface area contributed by atoms with Gasteiger partial charge in [-0.1, -0.05) is 30.3 Å². The second-order valence-electron chi connectivity index (χ2n) is 3.15. The molecule has 1 aromatic carbocycles. The highest BCUT2D eigenvalue weighted by Gasteiger charge is 2.04. The van der Waals surface area contributed by atoms with E-state index in [0.29, 0.717) is 0 Å². The highest BCUT2D eigenvalue weighted by atomic mass is 16.6. The van der Waals surface area contributed by atoms with Crippen LogP contribution in [0.1, 0.15) is 5.56 Å². The van der Waals surface area contributed by atoms with E-state index in [1.54, 1.807) is 0 Å². The van der Waals surface area contributed by atoms with Crippen LogP contribution in [-0.4, -0.2) is 17.8 Å². The number of hydrogen-bond acceptors (Lipinski definition) is 3. The van der Waals surface area contributed by atoms with Gasteiger partial charge in [0.1, 0.15) is 6.61 Å². The quantitative estimate of drug-likeness (QED) is 0.698. The lowest BCUT2D eigenvalue weighted by Gasteiger charge is -2.11. The molecule has 1 rings (SSSR count). The predicted molar refractivity (Wildman–Crippen MR) is 55.8 cm³/mol. The highest BCUT2D eigenvalue weighted by Crippen LogP contribution is 2.02. The Bertz CT molecular complexity index is 285. The van der Waals surface area contributed by atoms with E-state index in [4.69, 9.17) is 15.6 Å². The minimum absolute atomic E-state index is 0.124. The summed E-state index contributed by atoms with van der Waals surface area (Å²) >= 11 is 0. The van der Waals surface area contributed by atoms with Gasteiger partial charge in [-0.05, 0) is 18.6 Å².